The van der Waals surface area contributed by atoms with Crippen molar-refractivity contribution in [3.8, 4) is 43.3 Å². The van der Waals surface area contributed by atoms with Crippen molar-refractivity contribution in [3.05, 3.63) is 113 Å². The van der Waals surface area contributed by atoms with Crippen LogP contribution in [0.25, 0.3) is 63.8 Å². The van der Waals surface area contributed by atoms with Crippen molar-refractivity contribution in [1.29, 1.82) is 5.26 Å². The standard InChI is InChI=1S/C39H31N3O2S3/c1-2-3-4-6-11-27-21-33(36-23-35-34(46-36)22-30(45-35)20-28(24-40)39(43)44)47-37(27)25-16-18-26(19-17-25)38-41-31-14-9-10-15-32(31)42(38)29-12-7-5-8-13-29/h5,7-10,12-23H,2-4,6,11H2,1H3,(H,43,44)/b28-20-. The van der Waals surface area contributed by atoms with E-state index in [2.05, 4.69) is 90.4 Å². The van der Waals surface area contributed by atoms with Gasteiger partial charge in [0.05, 0.1) is 11.0 Å². The first-order valence-corrected chi connectivity index (χ1v) is 18.1. The molecule has 1 N–H and O–H groups in total. The predicted octanol–water partition coefficient (Wildman–Crippen LogP) is 11.5. The molecule has 0 saturated carbocycles. The zero-order valence-electron chi connectivity index (χ0n) is 25.8. The van der Waals surface area contributed by atoms with Crippen LogP contribution in [0, 0.1) is 11.3 Å². The van der Waals surface area contributed by atoms with Crippen LogP contribution in [0.2, 0.25) is 0 Å². The van der Waals surface area contributed by atoms with E-state index in [1.54, 1.807) is 17.4 Å². The van der Waals surface area contributed by atoms with Gasteiger partial charge in [0, 0.05) is 40.2 Å². The molecule has 0 aliphatic carbocycles. The number of aromatic nitrogens is 2. The van der Waals surface area contributed by atoms with Crippen molar-refractivity contribution < 1.29 is 9.90 Å². The number of imidazole rings is 1. The van der Waals surface area contributed by atoms with Gasteiger partial charge < -0.3 is 5.11 Å². The number of para-hydroxylation sites is 3. The second kappa shape index (κ2) is 13.5. The lowest BCUT2D eigenvalue weighted by molar-refractivity contribution is -0.132. The van der Waals surface area contributed by atoms with Crippen molar-refractivity contribution in [3.63, 3.8) is 0 Å². The highest BCUT2D eigenvalue weighted by atomic mass is 32.1. The third-order valence-corrected chi connectivity index (χ3v) is 11.9. The maximum Gasteiger partial charge on any atom is 0.346 e. The van der Waals surface area contributed by atoms with Crippen molar-refractivity contribution in [2.45, 2.75) is 39.0 Å². The Morgan fingerprint density at radius 1 is 0.851 bits per heavy atom. The molecule has 0 saturated heterocycles. The van der Waals surface area contributed by atoms with E-state index in [1.807, 2.05) is 29.5 Å². The molecule has 4 heterocycles. The fourth-order valence-electron chi connectivity index (χ4n) is 5.88. The number of fused-ring (bicyclic) bond motifs is 2. The van der Waals surface area contributed by atoms with Crippen LogP contribution in [0.4, 0.5) is 0 Å². The second-order valence-corrected chi connectivity index (χ2v) is 14.7. The summed E-state index contributed by atoms with van der Waals surface area (Å²) in [6, 6.07) is 35.8. The number of carbonyl (C=O) groups is 1. The largest absolute Gasteiger partial charge is 0.477 e. The summed E-state index contributed by atoms with van der Waals surface area (Å²) in [5, 5.41) is 18.4. The third kappa shape index (κ3) is 6.30. The Hall–Kier alpha value is -4.81. The molecule has 0 spiro atoms. The summed E-state index contributed by atoms with van der Waals surface area (Å²) in [5.74, 6) is -0.279. The lowest BCUT2D eigenvalue weighted by atomic mass is 10.0. The highest BCUT2D eigenvalue weighted by Crippen LogP contribution is 2.45. The van der Waals surface area contributed by atoms with Gasteiger partial charge in [0.25, 0.3) is 0 Å². The molecule has 47 heavy (non-hydrogen) atoms. The Morgan fingerprint density at radius 2 is 1.57 bits per heavy atom. The first-order chi connectivity index (χ1) is 23.0. The number of aryl methyl sites for hydroxylation is 1. The lowest BCUT2D eigenvalue weighted by Gasteiger charge is -2.10. The first-order valence-electron chi connectivity index (χ1n) is 15.7. The summed E-state index contributed by atoms with van der Waals surface area (Å²) in [7, 11) is 0. The molecule has 0 amide bonds. The average Bonchev–Trinajstić information content (AvgIpc) is 3.87. The molecule has 8 heteroatoms. The van der Waals surface area contributed by atoms with Gasteiger partial charge in [-0.15, -0.1) is 34.0 Å². The van der Waals surface area contributed by atoms with Gasteiger partial charge in [-0.2, -0.15) is 5.26 Å². The Kier molecular flexibility index (Phi) is 8.86. The minimum absolute atomic E-state index is 0.252. The summed E-state index contributed by atoms with van der Waals surface area (Å²) >= 11 is 5.07. The van der Waals surface area contributed by atoms with Gasteiger partial charge in [0.15, 0.2) is 0 Å². The van der Waals surface area contributed by atoms with Gasteiger partial charge in [-0.3, -0.25) is 4.57 Å². The molecule has 3 aromatic carbocycles. The summed E-state index contributed by atoms with van der Waals surface area (Å²) in [5.41, 5.74) is 6.55. The maximum absolute atomic E-state index is 11.3. The number of nitrogens with zero attached hydrogens (tertiary/aromatic N) is 3. The molecule has 7 rings (SSSR count). The van der Waals surface area contributed by atoms with Gasteiger partial charge in [-0.05, 0) is 72.5 Å². The van der Waals surface area contributed by atoms with Crippen LogP contribution in [-0.4, -0.2) is 20.6 Å². The number of benzene rings is 3. The van der Waals surface area contributed by atoms with E-state index in [-0.39, 0.29) is 5.57 Å². The van der Waals surface area contributed by atoms with Crippen LogP contribution in [0.3, 0.4) is 0 Å². The van der Waals surface area contributed by atoms with Crippen molar-refractivity contribution >= 4 is 66.5 Å². The molecule has 5 nitrogen and oxygen atoms in total. The van der Waals surface area contributed by atoms with E-state index < -0.39 is 5.97 Å². The number of hydrogen-bond donors (Lipinski definition) is 1. The van der Waals surface area contributed by atoms with E-state index in [0.717, 1.165) is 55.2 Å². The van der Waals surface area contributed by atoms with Gasteiger partial charge in [-0.1, -0.05) is 80.8 Å². The fourth-order valence-corrected chi connectivity index (χ4v) is 9.52. The highest BCUT2D eigenvalue weighted by molar-refractivity contribution is 7.31. The molecule has 232 valence electrons. The van der Waals surface area contributed by atoms with Crippen LogP contribution in [-0.2, 0) is 11.2 Å². The van der Waals surface area contributed by atoms with Crippen LogP contribution < -0.4 is 0 Å². The first kappa shape index (κ1) is 30.8. The Balaban J connectivity index is 1.24. The van der Waals surface area contributed by atoms with Crippen molar-refractivity contribution in [2.24, 2.45) is 0 Å². The smallest absolute Gasteiger partial charge is 0.346 e. The molecule has 4 aromatic heterocycles. The van der Waals surface area contributed by atoms with E-state index in [1.165, 1.54) is 62.4 Å². The number of thiophene rings is 3. The molecule has 0 fully saturated rings. The number of carboxylic acid groups (broad SMARTS) is 1. The number of hydrogen-bond acceptors (Lipinski definition) is 6. The molecule has 0 atom stereocenters. The summed E-state index contributed by atoms with van der Waals surface area (Å²) in [6.07, 6.45) is 7.34. The molecular weight excluding hydrogens is 639 g/mol. The monoisotopic (exact) mass is 669 g/mol. The third-order valence-electron chi connectivity index (χ3n) is 8.20. The van der Waals surface area contributed by atoms with Crippen LogP contribution in [0.15, 0.2) is 103 Å². The highest BCUT2D eigenvalue weighted by Gasteiger charge is 2.18. The summed E-state index contributed by atoms with van der Waals surface area (Å²) in [6.45, 7) is 2.24. The SMILES string of the molecule is CCCCCCc1cc(-c2cc3sc(/C=C(/C#N)C(=O)O)cc3s2)sc1-c1ccc(-c2nc3ccccc3n2-c2ccccc2)cc1. The van der Waals surface area contributed by atoms with Crippen LogP contribution in [0.5, 0.6) is 0 Å². The van der Waals surface area contributed by atoms with Crippen LogP contribution >= 0.6 is 34.0 Å². The Bertz CT molecular complexity index is 2250. The second-order valence-electron chi connectivity index (χ2n) is 11.4. The molecule has 0 unspecified atom stereocenters. The number of aliphatic carboxylic acids is 1. The van der Waals surface area contributed by atoms with Gasteiger partial charge in [-0.25, -0.2) is 9.78 Å². The summed E-state index contributed by atoms with van der Waals surface area (Å²) < 4.78 is 4.44. The average molecular weight is 670 g/mol. The van der Waals surface area contributed by atoms with Gasteiger partial charge in [0.2, 0.25) is 0 Å². The molecule has 0 bridgehead atoms. The van der Waals surface area contributed by atoms with Gasteiger partial charge >= 0.3 is 5.97 Å². The Morgan fingerprint density at radius 3 is 2.32 bits per heavy atom. The lowest BCUT2D eigenvalue weighted by Crippen LogP contribution is -1.97. The molecule has 0 aliphatic heterocycles. The molecular formula is C39H31N3O2S3. The van der Waals surface area contributed by atoms with E-state index in [0.29, 0.717) is 0 Å². The number of rotatable bonds is 11. The molecule has 0 radical (unpaired) electrons. The zero-order chi connectivity index (χ0) is 32.3. The van der Waals surface area contributed by atoms with Gasteiger partial charge in [0.1, 0.15) is 17.5 Å². The maximum atomic E-state index is 11.3. The van der Waals surface area contributed by atoms with E-state index in [9.17, 15) is 9.90 Å². The predicted molar refractivity (Wildman–Crippen MR) is 198 cm³/mol. The minimum Gasteiger partial charge on any atom is -0.477 e. The Labute approximate surface area is 285 Å². The number of nitriles is 1. The molecule has 0 aliphatic rings. The normalized spacial score (nSPS) is 11.8. The molecule has 7 aromatic rings. The minimum atomic E-state index is -1.20. The van der Waals surface area contributed by atoms with E-state index >= 15 is 0 Å². The van der Waals surface area contributed by atoms with Crippen molar-refractivity contribution in [2.75, 3.05) is 0 Å². The van der Waals surface area contributed by atoms with E-state index in [4.69, 9.17) is 10.2 Å². The zero-order valence-corrected chi connectivity index (χ0v) is 28.2. The fraction of sp³-hybridized carbons (Fsp3) is 0.154. The summed E-state index contributed by atoms with van der Waals surface area (Å²) in [4.78, 5) is 20.9. The number of carboxylic acids is 1. The van der Waals surface area contributed by atoms with Crippen LogP contribution in [0.1, 0.15) is 43.0 Å². The van der Waals surface area contributed by atoms with Crippen molar-refractivity contribution in [1.82, 2.24) is 9.55 Å². The number of unbranched alkanes of at least 4 members (excludes halogenated alkanes) is 3. The quantitative estimate of drug-likeness (QED) is 0.0844. The topological polar surface area (TPSA) is 78.9 Å².